The van der Waals surface area contributed by atoms with Crippen molar-refractivity contribution in [2.24, 2.45) is 11.8 Å². The van der Waals surface area contributed by atoms with Crippen LogP contribution in [0.2, 0.25) is 0 Å². The van der Waals surface area contributed by atoms with E-state index in [1.54, 1.807) is 0 Å². The third-order valence-corrected chi connectivity index (χ3v) is 4.85. The van der Waals surface area contributed by atoms with Gasteiger partial charge in [-0.1, -0.05) is 12.1 Å². The van der Waals surface area contributed by atoms with E-state index in [0.717, 1.165) is 36.2 Å². The number of hydrogen-bond acceptors (Lipinski definition) is 2. The number of carbonyl (C=O) groups is 1. The quantitative estimate of drug-likeness (QED) is 0.889. The molecule has 3 nitrogen and oxygen atoms in total. The van der Waals surface area contributed by atoms with Gasteiger partial charge in [0.2, 0.25) is 5.91 Å². The summed E-state index contributed by atoms with van der Waals surface area (Å²) < 4.78 is 0. The fourth-order valence-electron chi connectivity index (χ4n) is 3.44. The second kappa shape index (κ2) is 4.80. The van der Waals surface area contributed by atoms with Crippen LogP contribution in [0.3, 0.4) is 0 Å². The minimum atomic E-state index is 0.272. The summed E-state index contributed by atoms with van der Waals surface area (Å²) in [5.41, 5.74) is 2.24. The van der Waals surface area contributed by atoms with Crippen molar-refractivity contribution in [1.29, 1.82) is 0 Å². The molecule has 1 N–H and O–H groups in total. The lowest BCUT2D eigenvalue weighted by atomic mass is 10.1. The molecule has 3 heteroatoms. The van der Waals surface area contributed by atoms with Crippen LogP contribution in [0.5, 0.6) is 0 Å². The summed E-state index contributed by atoms with van der Waals surface area (Å²) in [6.07, 6.45) is 7.18. The van der Waals surface area contributed by atoms with Gasteiger partial charge in [0.15, 0.2) is 0 Å². The van der Waals surface area contributed by atoms with Gasteiger partial charge in [-0.15, -0.1) is 0 Å². The molecule has 0 spiro atoms. The fourth-order valence-corrected chi connectivity index (χ4v) is 3.44. The highest BCUT2D eigenvalue weighted by Crippen LogP contribution is 2.46. The second-order valence-corrected chi connectivity index (χ2v) is 6.51. The van der Waals surface area contributed by atoms with E-state index in [1.165, 1.54) is 25.7 Å². The number of benzene rings is 1. The Kier molecular flexibility index (Phi) is 2.94. The molecule has 2 aliphatic carbocycles. The first-order chi connectivity index (χ1) is 9.83. The number of nitrogens with zero attached hydrogens (tertiary/aromatic N) is 1. The van der Waals surface area contributed by atoms with Crippen molar-refractivity contribution in [2.45, 2.75) is 44.6 Å². The van der Waals surface area contributed by atoms with Crippen molar-refractivity contribution >= 4 is 17.3 Å². The Labute approximate surface area is 120 Å². The number of anilines is 2. The fraction of sp³-hybridized carbons (Fsp3) is 0.588. The lowest BCUT2D eigenvalue weighted by molar-refractivity contribution is -0.117. The predicted octanol–water partition coefficient (Wildman–Crippen LogP) is 3.41. The smallest absolute Gasteiger partial charge is 0.227 e. The first kappa shape index (κ1) is 12.2. The lowest BCUT2D eigenvalue weighted by Crippen LogP contribution is -2.28. The van der Waals surface area contributed by atoms with Crippen LogP contribution in [0.1, 0.15) is 38.5 Å². The zero-order valence-electron chi connectivity index (χ0n) is 11.8. The first-order valence-corrected chi connectivity index (χ1v) is 7.99. The zero-order chi connectivity index (χ0) is 13.5. The summed E-state index contributed by atoms with van der Waals surface area (Å²) in [7, 11) is 0. The summed E-state index contributed by atoms with van der Waals surface area (Å²) in [5, 5.41) is 3.78. The molecule has 1 aliphatic heterocycles. The molecule has 20 heavy (non-hydrogen) atoms. The number of nitrogens with one attached hydrogen (secondary N) is 1. The van der Waals surface area contributed by atoms with Gasteiger partial charge in [0.25, 0.3) is 0 Å². The average molecular weight is 270 g/mol. The number of rotatable bonds is 5. The number of hydrogen-bond donors (Lipinski definition) is 1. The average Bonchev–Trinajstić information content (AvgIpc) is 3.36. The van der Waals surface area contributed by atoms with Gasteiger partial charge in [0.1, 0.15) is 0 Å². The van der Waals surface area contributed by atoms with E-state index in [2.05, 4.69) is 23.5 Å². The molecule has 3 aliphatic rings. The molecule has 0 radical (unpaired) electrons. The molecule has 1 saturated heterocycles. The summed E-state index contributed by atoms with van der Waals surface area (Å²) in [5.74, 6) is 2.00. The Bertz CT molecular complexity index is 507. The highest BCUT2D eigenvalue weighted by atomic mass is 16.2. The van der Waals surface area contributed by atoms with Gasteiger partial charge in [0.05, 0.1) is 11.4 Å². The number of para-hydroxylation sites is 2. The van der Waals surface area contributed by atoms with Crippen LogP contribution in [-0.4, -0.2) is 18.5 Å². The van der Waals surface area contributed by atoms with E-state index in [0.29, 0.717) is 12.5 Å². The molecule has 0 aromatic heterocycles. The molecular weight excluding hydrogens is 248 g/mol. The molecule has 3 fully saturated rings. The third kappa shape index (κ3) is 2.30. The van der Waals surface area contributed by atoms with Crippen LogP contribution in [0, 0.1) is 11.8 Å². The minimum absolute atomic E-state index is 0.272. The van der Waals surface area contributed by atoms with Crippen LogP contribution in [0.15, 0.2) is 24.3 Å². The van der Waals surface area contributed by atoms with E-state index >= 15 is 0 Å². The van der Waals surface area contributed by atoms with Crippen LogP contribution in [0.25, 0.3) is 0 Å². The van der Waals surface area contributed by atoms with Gasteiger partial charge in [-0.3, -0.25) is 4.79 Å². The zero-order valence-corrected chi connectivity index (χ0v) is 11.8. The Morgan fingerprint density at radius 1 is 1.10 bits per heavy atom. The van der Waals surface area contributed by atoms with Gasteiger partial charge >= 0.3 is 0 Å². The molecular formula is C17H22N2O. The second-order valence-electron chi connectivity index (χ2n) is 6.51. The Morgan fingerprint density at radius 2 is 1.80 bits per heavy atom. The van der Waals surface area contributed by atoms with Crippen LogP contribution < -0.4 is 10.2 Å². The molecule has 1 heterocycles. The van der Waals surface area contributed by atoms with E-state index in [1.807, 2.05) is 11.0 Å². The number of amides is 1. The normalized spacial score (nSPS) is 22.6. The SMILES string of the molecule is O=C1CCCN1c1ccccc1NC(C1CC1)C1CC1. The van der Waals surface area contributed by atoms with Crippen LogP contribution in [0.4, 0.5) is 11.4 Å². The van der Waals surface area contributed by atoms with Gasteiger partial charge in [0, 0.05) is 19.0 Å². The summed E-state index contributed by atoms with van der Waals surface area (Å²) in [4.78, 5) is 14.0. The molecule has 1 amide bonds. The Hall–Kier alpha value is -1.51. The van der Waals surface area contributed by atoms with Crippen molar-refractivity contribution < 1.29 is 4.79 Å². The Balaban J connectivity index is 1.59. The highest BCUT2D eigenvalue weighted by molar-refractivity contribution is 5.98. The standard InChI is InChI=1S/C17H22N2O/c20-16-6-3-11-19(16)15-5-2-1-4-14(15)18-17(12-7-8-12)13-9-10-13/h1-2,4-5,12-13,17-18H,3,6-11H2. The largest absolute Gasteiger partial charge is 0.380 e. The van der Waals surface area contributed by atoms with Crippen molar-refractivity contribution in [3.63, 3.8) is 0 Å². The van der Waals surface area contributed by atoms with Crippen molar-refractivity contribution in [2.75, 3.05) is 16.8 Å². The maximum absolute atomic E-state index is 12.0. The maximum Gasteiger partial charge on any atom is 0.227 e. The van der Waals surface area contributed by atoms with Crippen molar-refractivity contribution in [3.8, 4) is 0 Å². The minimum Gasteiger partial charge on any atom is -0.380 e. The molecule has 4 rings (SSSR count). The molecule has 0 atom stereocenters. The lowest BCUT2D eigenvalue weighted by Gasteiger charge is -2.25. The summed E-state index contributed by atoms with van der Waals surface area (Å²) >= 11 is 0. The molecule has 2 saturated carbocycles. The van der Waals surface area contributed by atoms with Crippen molar-refractivity contribution in [3.05, 3.63) is 24.3 Å². The first-order valence-electron chi connectivity index (χ1n) is 7.99. The molecule has 1 aromatic carbocycles. The van der Waals surface area contributed by atoms with Gasteiger partial charge < -0.3 is 10.2 Å². The predicted molar refractivity (Wildman–Crippen MR) is 80.9 cm³/mol. The molecule has 1 aromatic rings. The molecule has 106 valence electrons. The summed E-state index contributed by atoms with van der Waals surface area (Å²) in [6.45, 7) is 0.870. The van der Waals surface area contributed by atoms with Crippen LogP contribution in [-0.2, 0) is 4.79 Å². The highest BCUT2D eigenvalue weighted by Gasteiger charge is 2.41. The third-order valence-electron chi connectivity index (χ3n) is 4.85. The monoisotopic (exact) mass is 270 g/mol. The van der Waals surface area contributed by atoms with E-state index in [-0.39, 0.29) is 5.91 Å². The van der Waals surface area contributed by atoms with Gasteiger partial charge in [-0.25, -0.2) is 0 Å². The Morgan fingerprint density at radius 3 is 2.40 bits per heavy atom. The maximum atomic E-state index is 12.0. The van der Waals surface area contributed by atoms with Crippen molar-refractivity contribution in [1.82, 2.24) is 0 Å². The van der Waals surface area contributed by atoms with Gasteiger partial charge in [-0.2, -0.15) is 0 Å². The molecule has 0 unspecified atom stereocenters. The number of carbonyl (C=O) groups excluding carboxylic acids is 1. The van der Waals surface area contributed by atoms with E-state index in [9.17, 15) is 4.79 Å². The molecule has 0 bridgehead atoms. The van der Waals surface area contributed by atoms with E-state index < -0.39 is 0 Å². The van der Waals surface area contributed by atoms with E-state index in [4.69, 9.17) is 0 Å². The topological polar surface area (TPSA) is 32.3 Å². The van der Waals surface area contributed by atoms with Crippen LogP contribution >= 0.6 is 0 Å². The summed E-state index contributed by atoms with van der Waals surface area (Å²) in [6, 6.07) is 8.97. The van der Waals surface area contributed by atoms with Gasteiger partial charge in [-0.05, 0) is 56.1 Å².